The van der Waals surface area contributed by atoms with Gasteiger partial charge in [-0.05, 0) is 17.7 Å². The fourth-order valence-corrected chi connectivity index (χ4v) is 2.63. The fraction of sp³-hybridized carbons (Fsp3) is 0.235. The van der Waals surface area contributed by atoms with Gasteiger partial charge in [-0.25, -0.2) is 16.3 Å². The van der Waals surface area contributed by atoms with Gasteiger partial charge in [0, 0.05) is 18.7 Å². The van der Waals surface area contributed by atoms with Gasteiger partial charge in [0.25, 0.3) is 0 Å². The van der Waals surface area contributed by atoms with Crippen LogP contribution in [0.4, 0.5) is 0 Å². The molecule has 1 aliphatic heterocycles. The molecule has 1 atom stereocenters. The number of carbonyl (C=O) groups is 2. The summed E-state index contributed by atoms with van der Waals surface area (Å²) in [6.07, 6.45) is 3.35. The van der Waals surface area contributed by atoms with Crippen molar-refractivity contribution >= 4 is 18.0 Å². The van der Waals surface area contributed by atoms with E-state index in [1.54, 1.807) is 24.4 Å². The number of benzene rings is 1. The molecule has 2 rings (SSSR count). The smallest absolute Gasteiger partial charge is 0.344 e. The highest BCUT2D eigenvalue weighted by Gasteiger charge is 2.50. The van der Waals surface area contributed by atoms with E-state index < -0.39 is 11.6 Å². The average Bonchev–Trinajstić information content (AvgIpc) is 2.53. The second-order valence-electron chi connectivity index (χ2n) is 4.99. The number of hydrogen-bond acceptors (Lipinski definition) is 3. The second-order valence-corrected chi connectivity index (χ2v) is 4.99. The van der Waals surface area contributed by atoms with E-state index in [-0.39, 0.29) is 17.9 Å². The highest BCUT2D eigenvalue weighted by molar-refractivity contribution is 5.88. The van der Waals surface area contributed by atoms with Crippen LogP contribution in [0.25, 0.3) is 10.9 Å². The van der Waals surface area contributed by atoms with Gasteiger partial charge in [-0.2, -0.15) is 0 Å². The van der Waals surface area contributed by atoms with Gasteiger partial charge in [0.15, 0.2) is 0 Å². The molecule has 5 nitrogen and oxygen atoms in total. The molecule has 0 saturated heterocycles. The SMILES string of the molecule is [C-]#[N+]C1(CC(=C)C(=O)OC)c2ccccc2C=CN1C(C)=O. The van der Waals surface area contributed by atoms with Crippen LogP contribution in [0.2, 0.25) is 0 Å². The van der Waals surface area contributed by atoms with E-state index in [4.69, 9.17) is 6.57 Å². The predicted octanol–water partition coefficient (Wildman–Crippen LogP) is 2.71. The minimum Gasteiger partial charge on any atom is -0.466 e. The maximum atomic E-state index is 12.0. The van der Waals surface area contributed by atoms with Crippen LogP contribution in [0, 0.1) is 6.57 Å². The summed E-state index contributed by atoms with van der Waals surface area (Å²) in [7, 11) is 1.26. The maximum absolute atomic E-state index is 12.0. The first-order valence-corrected chi connectivity index (χ1v) is 6.68. The summed E-state index contributed by atoms with van der Waals surface area (Å²) in [5.74, 6) is -0.863. The molecule has 0 N–H and O–H groups in total. The standard InChI is InChI=1S/C17H16N2O3/c1-12(16(21)22-4)11-17(18-3)15-8-6-5-7-14(15)9-10-19(17)13(2)20/h5-10H,1,11H2,2,4H3. The summed E-state index contributed by atoms with van der Waals surface area (Å²) >= 11 is 0. The van der Waals surface area contributed by atoms with Crippen molar-refractivity contribution in [3.63, 3.8) is 0 Å². The Labute approximate surface area is 129 Å². The van der Waals surface area contributed by atoms with Crippen LogP contribution in [0.1, 0.15) is 24.5 Å². The molecule has 0 radical (unpaired) electrons. The molecular formula is C17H16N2O3. The van der Waals surface area contributed by atoms with Crippen LogP contribution in [0.5, 0.6) is 0 Å². The molecule has 1 aromatic carbocycles. The number of hydrogen-bond donors (Lipinski definition) is 0. The monoisotopic (exact) mass is 296 g/mol. The van der Waals surface area contributed by atoms with E-state index in [1.807, 2.05) is 12.1 Å². The maximum Gasteiger partial charge on any atom is 0.344 e. The molecule has 1 heterocycles. The Kier molecular flexibility index (Phi) is 4.13. The normalized spacial score (nSPS) is 19.0. The number of nitrogens with zero attached hydrogens (tertiary/aromatic N) is 2. The highest BCUT2D eigenvalue weighted by atomic mass is 16.5. The lowest BCUT2D eigenvalue weighted by atomic mass is 9.85. The number of ether oxygens (including phenoxy) is 1. The van der Waals surface area contributed by atoms with Crippen molar-refractivity contribution in [1.82, 2.24) is 4.90 Å². The summed E-state index contributed by atoms with van der Waals surface area (Å²) in [4.78, 5) is 28.7. The molecule has 1 unspecified atom stereocenters. The van der Waals surface area contributed by atoms with Crippen molar-refractivity contribution in [2.75, 3.05) is 7.11 Å². The molecule has 0 aliphatic carbocycles. The molecule has 0 fully saturated rings. The van der Waals surface area contributed by atoms with Gasteiger partial charge in [0.1, 0.15) is 0 Å². The minimum absolute atomic E-state index is 0.00981. The first-order valence-electron chi connectivity index (χ1n) is 6.68. The Hall–Kier alpha value is -2.87. The predicted molar refractivity (Wildman–Crippen MR) is 82.0 cm³/mol. The van der Waals surface area contributed by atoms with Crippen molar-refractivity contribution in [2.45, 2.75) is 19.0 Å². The number of rotatable bonds is 3. The van der Waals surface area contributed by atoms with Crippen LogP contribution in [-0.2, 0) is 20.0 Å². The molecule has 22 heavy (non-hydrogen) atoms. The van der Waals surface area contributed by atoms with Gasteiger partial charge in [0.2, 0.25) is 5.91 Å². The molecule has 0 spiro atoms. The zero-order valence-electron chi connectivity index (χ0n) is 12.5. The molecule has 1 aromatic rings. The zero-order valence-corrected chi connectivity index (χ0v) is 12.5. The first-order chi connectivity index (χ1) is 10.5. The molecule has 112 valence electrons. The third-order valence-electron chi connectivity index (χ3n) is 3.65. The quantitative estimate of drug-likeness (QED) is 0.489. The van der Waals surface area contributed by atoms with Crippen molar-refractivity contribution < 1.29 is 14.3 Å². The van der Waals surface area contributed by atoms with Crippen LogP contribution in [0.15, 0.2) is 42.6 Å². The lowest BCUT2D eigenvalue weighted by molar-refractivity contribution is -0.137. The number of fused-ring (bicyclic) bond motifs is 1. The summed E-state index contributed by atoms with van der Waals surface area (Å²) < 4.78 is 4.66. The lowest BCUT2D eigenvalue weighted by Crippen LogP contribution is -2.45. The summed E-state index contributed by atoms with van der Waals surface area (Å²) in [6, 6.07) is 7.31. The van der Waals surface area contributed by atoms with Crippen molar-refractivity contribution in [1.29, 1.82) is 0 Å². The van der Waals surface area contributed by atoms with E-state index >= 15 is 0 Å². The van der Waals surface area contributed by atoms with E-state index in [1.165, 1.54) is 18.9 Å². The molecule has 1 aliphatic rings. The summed E-state index contributed by atoms with van der Waals surface area (Å²) in [6.45, 7) is 12.8. The summed E-state index contributed by atoms with van der Waals surface area (Å²) in [5, 5.41) is 0. The minimum atomic E-state index is -1.32. The third kappa shape index (κ3) is 2.40. The van der Waals surface area contributed by atoms with E-state index in [0.717, 1.165) is 5.56 Å². The average molecular weight is 296 g/mol. The van der Waals surface area contributed by atoms with Crippen molar-refractivity contribution in [2.24, 2.45) is 0 Å². The van der Waals surface area contributed by atoms with Crippen LogP contribution >= 0.6 is 0 Å². The number of methoxy groups -OCH3 is 1. The van der Waals surface area contributed by atoms with Crippen molar-refractivity contribution in [3.8, 4) is 0 Å². The molecule has 0 bridgehead atoms. The third-order valence-corrected chi connectivity index (χ3v) is 3.65. The van der Waals surface area contributed by atoms with Gasteiger partial charge in [-0.15, -0.1) is 0 Å². The molecular weight excluding hydrogens is 280 g/mol. The Balaban J connectivity index is 2.59. The Morgan fingerprint density at radius 2 is 2.09 bits per heavy atom. The number of amides is 1. The van der Waals surface area contributed by atoms with Crippen molar-refractivity contribution in [3.05, 3.63) is 65.2 Å². The highest BCUT2D eigenvalue weighted by Crippen LogP contribution is 2.42. The molecule has 1 amide bonds. The zero-order chi connectivity index (χ0) is 16.3. The Morgan fingerprint density at radius 1 is 1.41 bits per heavy atom. The molecule has 0 saturated carbocycles. The van der Waals surface area contributed by atoms with Gasteiger partial charge in [0.05, 0.1) is 19.1 Å². The van der Waals surface area contributed by atoms with E-state index in [2.05, 4.69) is 16.2 Å². The van der Waals surface area contributed by atoms with E-state index in [9.17, 15) is 9.59 Å². The Bertz CT molecular complexity index is 715. The fourth-order valence-electron chi connectivity index (χ4n) is 2.63. The molecule has 0 aromatic heterocycles. The van der Waals surface area contributed by atoms with Gasteiger partial charge in [-0.1, -0.05) is 24.8 Å². The van der Waals surface area contributed by atoms with Crippen LogP contribution in [0.3, 0.4) is 0 Å². The van der Waals surface area contributed by atoms with Crippen LogP contribution in [-0.4, -0.2) is 23.9 Å². The number of esters is 1. The van der Waals surface area contributed by atoms with Gasteiger partial charge in [-0.3, -0.25) is 9.64 Å². The van der Waals surface area contributed by atoms with Crippen LogP contribution < -0.4 is 0 Å². The largest absolute Gasteiger partial charge is 0.466 e. The van der Waals surface area contributed by atoms with Gasteiger partial charge < -0.3 is 4.74 Å². The first kappa shape index (κ1) is 15.5. The topological polar surface area (TPSA) is 51.0 Å². The summed E-state index contributed by atoms with van der Waals surface area (Å²) in [5.41, 5.74) is 0.346. The Morgan fingerprint density at radius 3 is 2.68 bits per heavy atom. The van der Waals surface area contributed by atoms with E-state index in [0.29, 0.717) is 5.56 Å². The lowest BCUT2D eigenvalue weighted by Gasteiger charge is -2.35. The van der Waals surface area contributed by atoms with Gasteiger partial charge >= 0.3 is 11.6 Å². The molecule has 5 heteroatoms. The second kappa shape index (κ2) is 5.86. The number of carbonyl (C=O) groups excluding carboxylic acids is 2.